The zero-order valence-electron chi connectivity index (χ0n) is 13.2. The standard InChI is InChI=1S/C19H18P.3ClH.Sb/c1-20(17-11-5-2-6-12-17,18-13-7-3-8-14-18)19-15-9-4-10-16-19;;;;/h2-16H,1H3;3*1H;/q;;;;+3/p-3. The van der Waals surface area contributed by atoms with Crippen molar-refractivity contribution in [2.75, 3.05) is 6.66 Å². The van der Waals surface area contributed by atoms with Gasteiger partial charge in [0, 0.05) is 0 Å². The molecule has 3 aromatic carbocycles. The Morgan fingerprint density at radius 1 is 0.542 bits per heavy atom. The van der Waals surface area contributed by atoms with Gasteiger partial charge in [0.2, 0.25) is 0 Å². The van der Waals surface area contributed by atoms with Gasteiger partial charge in [-0.05, 0) is 29.8 Å². The van der Waals surface area contributed by atoms with Crippen LogP contribution in [0.3, 0.4) is 0 Å². The van der Waals surface area contributed by atoms with E-state index in [0.29, 0.717) is 0 Å². The van der Waals surface area contributed by atoms with E-state index in [-0.39, 0.29) is 0 Å². The normalized spacial score (nSPS) is 10.9. The van der Waals surface area contributed by atoms with Crippen molar-refractivity contribution in [2.45, 2.75) is 0 Å². The van der Waals surface area contributed by atoms with Crippen molar-refractivity contribution in [2.24, 2.45) is 0 Å². The van der Waals surface area contributed by atoms with Crippen molar-refractivity contribution < 1.29 is 0 Å². The van der Waals surface area contributed by atoms with Crippen LogP contribution in [0.4, 0.5) is 0 Å². The third-order valence-electron chi connectivity index (χ3n) is 3.82. The van der Waals surface area contributed by atoms with Crippen LogP contribution in [0.15, 0.2) is 91.0 Å². The number of halogens is 3. The maximum atomic E-state index is 4.99. The zero-order valence-corrected chi connectivity index (χ0v) is 18.9. The Kier molecular flexibility index (Phi) is 8.42. The molecule has 0 saturated heterocycles. The Labute approximate surface area is 163 Å². The van der Waals surface area contributed by atoms with Crippen LogP contribution in [0.5, 0.6) is 0 Å². The molecule has 0 nitrogen and oxygen atoms in total. The van der Waals surface area contributed by atoms with Crippen LogP contribution in [-0.2, 0) is 0 Å². The summed E-state index contributed by atoms with van der Waals surface area (Å²) >= 11 is -2.03. The van der Waals surface area contributed by atoms with Gasteiger partial charge in [0.25, 0.3) is 0 Å². The SMILES string of the molecule is C[P](c1ccccc1)(c1ccccc1)c1ccccc1.[Cl][Sb]([Cl])[Cl]. The van der Waals surface area contributed by atoms with Crippen LogP contribution in [0.25, 0.3) is 0 Å². The number of hydrogen-bond donors (Lipinski definition) is 0. The van der Waals surface area contributed by atoms with Crippen molar-refractivity contribution in [3.8, 4) is 0 Å². The minimum atomic E-state index is -2.03. The van der Waals surface area contributed by atoms with Gasteiger partial charge in [-0.25, -0.2) is 0 Å². The molecule has 0 atom stereocenters. The minimum absolute atomic E-state index is 1.43. The number of benzene rings is 3. The third kappa shape index (κ3) is 5.39. The summed E-state index contributed by atoms with van der Waals surface area (Å²) in [7, 11) is 13.4. The summed E-state index contributed by atoms with van der Waals surface area (Å²) in [6.45, 7) is 2.41. The van der Waals surface area contributed by atoms with E-state index in [1.54, 1.807) is 0 Å². The second-order valence-electron chi connectivity index (χ2n) is 5.20. The fraction of sp³-hybridized carbons (Fsp3) is 0.0526. The van der Waals surface area contributed by atoms with E-state index in [1.807, 2.05) is 0 Å². The summed E-state index contributed by atoms with van der Waals surface area (Å²) < 4.78 is 0. The molecule has 0 unspecified atom stereocenters. The monoisotopic (exact) mass is 503 g/mol. The molecule has 0 aliphatic rings. The van der Waals surface area contributed by atoms with Gasteiger partial charge in [-0.3, -0.25) is 0 Å². The molecule has 0 aliphatic carbocycles. The summed E-state index contributed by atoms with van der Waals surface area (Å²) in [5.41, 5.74) is 0. The fourth-order valence-corrected chi connectivity index (χ4v) is 5.83. The molecule has 125 valence electrons. The number of hydrogen-bond acceptors (Lipinski definition) is 0. The van der Waals surface area contributed by atoms with Crippen LogP contribution < -0.4 is 15.9 Å². The second kappa shape index (κ2) is 10.1. The quantitative estimate of drug-likeness (QED) is 0.335. The molecule has 0 aliphatic heterocycles. The Bertz CT molecular complexity index is 622. The van der Waals surface area contributed by atoms with Gasteiger partial charge in [0.1, 0.15) is 0 Å². The summed E-state index contributed by atoms with van der Waals surface area (Å²) in [5.74, 6) is 0. The van der Waals surface area contributed by atoms with Crippen molar-refractivity contribution in [1.29, 1.82) is 0 Å². The average Bonchev–Trinajstić information content (AvgIpc) is 2.63. The van der Waals surface area contributed by atoms with Gasteiger partial charge in [-0.2, -0.15) is 0 Å². The van der Waals surface area contributed by atoms with E-state index in [4.69, 9.17) is 26.5 Å². The van der Waals surface area contributed by atoms with E-state index >= 15 is 0 Å². The first kappa shape index (κ1) is 20.1. The molecule has 3 rings (SSSR count). The summed E-state index contributed by atoms with van der Waals surface area (Å²) in [6.07, 6.45) is 0. The first-order valence-corrected chi connectivity index (χ1v) is 19.3. The molecule has 0 fully saturated rings. The molecule has 0 spiro atoms. The van der Waals surface area contributed by atoms with Crippen molar-refractivity contribution in [3.63, 3.8) is 0 Å². The first-order valence-electron chi connectivity index (χ1n) is 7.36. The Hall–Kier alpha value is -0.222. The Morgan fingerprint density at radius 2 is 0.750 bits per heavy atom. The molecule has 3 aromatic rings. The van der Waals surface area contributed by atoms with Crippen LogP contribution in [0.1, 0.15) is 0 Å². The molecule has 24 heavy (non-hydrogen) atoms. The van der Waals surface area contributed by atoms with E-state index in [2.05, 4.69) is 97.7 Å². The van der Waals surface area contributed by atoms with Gasteiger partial charge in [0.05, 0.1) is 0 Å². The molecule has 0 heterocycles. The topological polar surface area (TPSA) is 0 Å². The van der Waals surface area contributed by atoms with Gasteiger partial charge in [0.15, 0.2) is 0 Å². The molecular weight excluding hydrogens is 487 g/mol. The van der Waals surface area contributed by atoms with Crippen LogP contribution in [0, 0.1) is 0 Å². The zero-order chi connectivity index (χ0) is 17.4. The van der Waals surface area contributed by atoms with Crippen molar-refractivity contribution in [3.05, 3.63) is 91.0 Å². The molecule has 5 heteroatoms. The van der Waals surface area contributed by atoms with Crippen molar-refractivity contribution in [1.82, 2.24) is 0 Å². The van der Waals surface area contributed by atoms with E-state index < -0.39 is 24.0 Å². The molecule has 0 aromatic heterocycles. The van der Waals surface area contributed by atoms with Gasteiger partial charge in [-0.15, -0.1) is 0 Å². The van der Waals surface area contributed by atoms with E-state index in [9.17, 15) is 0 Å². The van der Waals surface area contributed by atoms with Gasteiger partial charge < -0.3 is 0 Å². The molecule has 1 radical (unpaired) electrons. The summed E-state index contributed by atoms with van der Waals surface area (Å²) in [4.78, 5) is 0. The van der Waals surface area contributed by atoms with E-state index in [0.717, 1.165) is 0 Å². The maximum absolute atomic E-state index is 4.99. The second-order valence-corrected chi connectivity index (χ2v) is 20.1. The first-order chi connectivity index (χ1) is 11.5. The average molecular weight is 505 g/mol. The van der Waals surface area contributed by atoms with Crippen LogP contribution in [-0.4, -0.2) is 23.4 Å². The van der Waals surface area contributed by atoms with E-state index in [1.165, 1.54) is 15.9 Å². The van der Waals surface area contributed by atoms with Crippen LogP contribution in [0.2, 0.25) is 0 Å². The van der Waals surface area contributed by atoms with Gasteiger partial charge in [-0.1, -0.05) is 91.0 Å². The molecular formula is C19H18Cl3PSb. The third-order valence-corrected chi connectivity index (χ3v) is 7.81. The van der Waals surface area contributed by atoms with Crippen molar-refractivity contribution >= 4 is 66.4 Å². The molecule has 0 amide bonds. The molecule has 0 saturated carbocycles. The Morgan fingerprint density at radius 3 is 0.958 bits per heavy atom. The fourth-order valence-electron chi connectivity index (χ4n) is 2.63. The predicted octanol–water partition coefficient (Wildman–Crippen LogP) is 5.30. The number of rotatable bonds is 3. The van der Waals surface area contributed by atoms with Gasteiger partial charge >= 0.3 is 43.3 Å². The summed E-state index contributed by atoms with van der Waals surface area (Å²) in [5, 5.41) is 4.28. The van der Waals surface area contributed by atoms with Crippen LogP contribution >= 0.6 is 33.7 Å². The molecule has 0 bridgehead atoms. The molecule has 0 N–H and O–H groups in total. The predicted molar refractivity (Wildman–Crippen MR) is 114 cm³/mol. The summed E-state index contributed by atoms with van der Waals surface area (Å²) in [6, 6.07) is 32.6. The Balaban J connectivity index is 0.000000471.